The van der Waals surface area contributed by atoms with Gasteiger partial charge in [0.15, 0.2) is 11.5 Å². The Morgan fingerprint density at radius 1 is 0.953 bits per heavy atom. The fourth-order valence-electron chi connectivity index (χ4n) is 4.55. The van der Waals surface area contributed by atoms with E-state index in [1.807, 2.05) is 42.5 Å². The Bertz CT molecular complexity index is 1650. The summed E-state index contributed by atoms with van der Waals surface area (Å²) in [4.78, 5) is 11.4. The molecule has 0 unspecified atom stereocenters. The van der Waals surface area contributed by atoms with Gasteiger partial charge in [-0.2, -0.15) is 5.26 Å². The number of fused-ring (bicyclic) bond motifs is 1. The van der Waals surface area contributed by atoms with Gasteiger partial charge in [0.05, 0.1) is 23.3 Å². The number of halogens is 1. The van der Waals surface area contributed by atoms with E-state index in [0.29, 0.717) is 52.4 Å². The van der Waals surface area contributed by atoms with Crippen LogP contribution in [0.3, 0.4) is 0 Å². The minimum Gasteiger partial charge on any atom is -0.489 e. The number of hydrogen-bond donors (Lipinski definition) is 3. The molecule has 10 heteroatoms. The predicted octanol–water partition coefficient (Wildman–Crippen LogP) is 5.34. The van der Waals surface area contributed by atoms with Crippen LogP contribution in [-0.4, -0.2) is 42.0 Å². The lowest BCUT2D eigenvalue weighted by molar-refractivity contribution is -0.140. The maximum Gasteiger partial charge on any atom is 0.323 e. The molecule has 1 heterocycles. The van der Waals surface area contributed by atoms with Crippen LogP contribution in [0.1, 0.15) is 22.3 Å². The first-order chi connectivity index (χ1) is 20.9. The number of benzene rings is 4. The Hall–Kier alpha value is -4.75. The van der Waals surface area contributed by atoms with E-state index < -0.39 is 18.6 Å². The molecule has 43 heavy (non-hydrogen) atoms. The van der Waals surface area contributed by atoms with E-state index in [0.717, 1.165) is 22.3 Å². The molecule has 1 aliphatic heterocycles. The third kappa shape index (κ3) is 7.37. The standard InChI is InChI=1S/C33H29ClN2O7/c34-32-25(5-2-6-27(32)23-8-10-29-31(14-23)41-12-11-40-29)20-42-26-9-7-24(17-36-28(18-37)33(38)39)30(15-26)43-19-22-4-1-3-21(13-22)16-35/h1-10,13-15,28,36-37H,11-12,17-20H2,(H,38,39)/t28-/m1/s1. The fraction of sp³-hybridized carbons (Fsp3) is 0.212. The van der Waals surface area contributed by atoms with Crippen LogP contribution in [0.15, 0.2) is 78.9 Å². The monoisotopic (exact) mass is 600 g/mol. The lowest BCUT2D eigenvalue weighted by atomic mass is 10.0. The van der Waals surface area contributed by atoms with Crippen LogP contribution in [0.25, 0.3) is 11.1 Å². The molecule has 0 aromatic heterocycles. The number of aliphatic hydroxyl groups is 1. The van der Waals surface area contributed by atoms with Crippen LogP contribution in [0, 0.1) is 11.3 Å². The SMILES string of the molecule is N#Cc1cccc(COc2cc(OCc3cccc(-c4ccc5c(c4)OCCO5)c3Cl)ccc2CN[C@H](CO)C(=O)O)c1. The van der Waals surface area contributed by atoms with E-state index in [2.05, 4.69) is 11.4 Å². The molecule has 0 saturated heterocycles. The van der Waals surface area contributed by atoms with Gasteiger partial charge in [0.1, 0.15) is 44.0 Å². The molecule has 9 nitrogen and oxygen atoms in total. The Morgan fingerprint density at radius 2 is 1.77 bits per heavy atom. The lowest BCUT2D eigenvalue weighted by Crippen LogP contribution is -2.39. The van der Waals surface area contributed by atoms with Gasteiger partial charge < -0.3 is 29.2 Å². The number of aliphatic hydroxyl groups excluding tert-OH is 1. The highest BCUT2D eigenvalue weighted by molar-refractivity contribution is 6.34. The van der Waals surface area contributed by atoms with Crippen molar-refractivity contribution in [3.05, 3.63) is 106 Å². The molecule has 1 aliphatic rings. The van der Waals surface area contributed by atoms with Crippen molar-refractivity contribution < 1.29 is 34.0 Å². The van der Waals surface area contributed by atoms with E-state index >= 15 is 0 Å². The molecule has 0 amide bonds. The predicted molar refractivity (Wildman–Crippen MR) is 159 cm³/mol. The number of aliphatic carboxylic acids is 1. The molecule has 0 fully saturated rings. The summed E-state index contributed by atoms with van der Waals surface area (Å²) in [6, 6.07) is 24.8. The van der Waals surface area contributed by atoms with Crippen LogP contribution in [0.5, 0.6) is 23.0 Å². The van der Waals surface area contributed by atoms with Crippen molar-refractivity contribution in [1.82, 2.24) is 5.32 Å². The van der Waals surface area contributed by atoms with Crippen LogP contribution < -0.4 is 24.3 Å². The fourth-order valence-corrected chi connectivity index (χ4v) is 4.84. The Morgan fingerprint density at radius 3 is 2.56 bits per heavy atom. The lowest BCUT2D eigenvalue weighted by Gasteiger charge is -2.19. The minimum absolute atomic E-state index is 0.134. The third-order valence-electron chi connectivity index (χ3n) is 6.83. The number of nitriles is 1. The van der Waals surface area contributed by atoms with Crippen molar-refractivity contribution in [3.63, 3.8) is 0 Å². The first kappa shape index (κ1) is 29.7. The van der Waals surface area contributed by atoms with Crippen LogP contribution >= 0.6 is 11.6 Å². The summed E-state index contributed by atoms with van der Waals surface area (Å²) in [5.74, 6) is 1.20. The first-order valence-electron chi connectivity index (χ1n) is 13.6. The molecule has 0 aliphatic carbocycles. The molecule has 220 valence electrons. The highest BCUT2D eigenvalue weighted by Crippen LogP contribution is 2.38. The topological polar surface area (TPSA) is 130 Å². The van der Waals surface area contributed by atoms with Gasteiger partial charge in [-0.3, -0.25) is 10.1 Å². The van der Waals surface area contributed by atoms with Crippen molar-refractivity contribution in [2.75, 3.05) is 19.8 Å². The molecule has 0 bridgehead atoms. The first-order valence-corrected chi connectivity index (χ1v) is 13.9. The summed E-state index contributed by atoms with van der Waals surface area (Å²) in [5, 5.41) is 31.3. The van der Waals surface area contributed by atoms with Gasteiger partial charge in [-0.15, -0.1) is 0 Å². The zero-order valence-electron chi connectivity index (χ0n) is 23.1. The number of hydrogen-bond acceptors (Lipinski definition) is 8. The average Bonchev–Trinajstić information content (AvgIpc) is 3.04. The highest BCUT2D eigenvalue weighted by atomic mass is 35.5. The number of rotatable bonds is 12. The van der Waals surface area contributed by atoms with Crippen molar-refractivity contribution >= 4 is 17.6 Å². The Balaban J connectivity index is 1.34. The van der Waals surface area contributed by atoms with Gasteiger partial charge in [0, 0.05) is 29.3 Å². The summed E-state index contributed by atoms with van der Waals surface area (Å²) >= 11 is 6.83. The average molecular weight is 601 g/mol. The minimum atomic E-state index is -1.16. The molecule has 4 aromatic rings. The van der Waals surface area contributed by atoms with E-state index in [9.17, 15) is 20.3 Å². The summed E-state index contributed by atoms with van der Waals surface area (Å²) in [5.41, 5.74) is 4.49. The molecule has 4 aromatic carbocycles. The summed E-state index contributed by atoms with van der Waals surface area (Å²) in [6.07, 6.45) is 0. The zero-order chi connectivity index (χ0) is 30.2. The van der Waals surface area contributed by atoms with Gasteiger partial charge in [-0.25, -0.2) is 0 Å². The number of ether oxygens (including phenoxy) is 4. The van der Waals surface area contributed by atoms with Crippen molar-refractivity contribution in [3.8, 4) is 40.2 Å². The van der Waals surface area contributed by atoms with Gasteiger partial charge in [0.2, 0.25) is 0 Å². The number of carbonyl (C=O) groups is 1. The van der Waals surface area contributed by atoms with Crippen LogP contribution in [0.2, 0.25) is 5.02 Å². The highest BCUT2D eigenvalue weighted by Gasteiger charge is 2.18. The molecule has 1 atom stereocenters. The molecule has 0 saturated carbocycles. The largest absolute Gasteiger partial charge is 0.489 e. The summed E-state index contributed by atoms with van der Waals surface area (Å²) in [7, 11) is 0. The number of carboxylic acids is 1. The Labute approximate surface area is 253 Å². The molecular weight excluding hydrogens is 572 g/mol. The maximum atomic E-state index is 11.4. The van der Waals surface area contributed by atoms with E-state index in [1.54, 1.807) is 36.4 Å². The number of nitrogens with one attached hydrogen (secondary N) is 1. The second-order valence-corrected chi connectivity index (χ2v) is 10.1. The van der Waals surface area contributed by atoms with Crippen LogP contribution in [-0.2, 0) is 24.6 Å². The quantitative estimate of drug-likeness (QED) is 0.197. The van der Waals surface area contributed by atoms with Crippen molar-refractivity contribution in [2.24, 2.45) is 0 Å². The second kappa shape index (κ2) is 13.9. The summed E-state index contributed by atoms with van der Waals surface area (Å²) in [6.45, 7) is 0.951. The molecule has 0 spiro atoms. The third-order valence-corrected chi connectivity index (χ3v) is 7.28. The molecule has 3 N–H and O–H groups in total. The second-order valence-electron chi connectivity index (χ2n) is 9.75. The van der Waals surface area contributed by atoms with E-state index in [1.165, 1.54) is 0 Å². The van der Waals surface area contributed by atoms with Crippen molar-refractivity contribution in [1.29, 1.82) is 5.26 Å². The summed E-state index contributed by atoms with van der Waals surface area (Å²) < 4.78 is 23.6. The van der Waals surface area contributed by atoms with Crippen LogP contribution in [0.4, 0.5) is 0 Å². The van der Waals surface area contributed by atoms with E-state index in [4.69, 9.17) is 30.5 Å². The molecule has 5 rings (SSSR count). The van der Waals surface area contributed by atoms with Crippen molar-refractivity contribution in [2.45, 2.75) is 25.8 Å². The number of nitrogens with zero attached hydrogens (tertiary/aromatic N) is 1. The zero-order valence-corrected chi connectivity index (χ0v) is 23.8. The molecule has 0 radical (unpaired) electrons. The van der Waals surface area contributed by atoms with Gasteiger partial charge >= 0.3 is 5.97 Å². The smallest absolute Gasteiger partial charge is 0.323 e. The van der Waals surface area contributed by atoms with Gasteiger partial charge in [-0.1, -0.05) is 54.1 Å². The maximum absolute atomic E-state index is 11.4. The molecular formula is C33H29ClN2O7. The van der Waals surface area contributed by atoms with Gasteiger partial charge in [0.25, 0.3) is 0 Å². The van der Waals surface area contributed by atoms with Gasteiger partial charge in [-0.05, 0) is 41.5 Å². The Kier molecular flexibility index (Phi) is 9.64. The number of carboxylic acid groups (broad SMARTS) is 1. The van der Waals surface area contributed by atoms with E-state index in [-0.39, 0.29) is 19.8 Å². The normalized spacial score (nSPS) is 12.7.